The molecule has 0 bridgehead atoms. The van der Waals surface area contributed by atoms with E-state index in [1.165, 1.54) is 37.4 Å². The van der Waals surface area contributed by atoms with Crippen molar-refractivity contribution in [2.45, 2.75) is 0 Å². The highest BCUT2D eigenvalue weighted by Gasteiger charge is 2.20. The van der Waals surface area contributed by atoms with Crippen LogP contribution in [0.1, 0.15) is 0 Å². The summed E-state index contributed by atoms with van der Waals surface area (Å²) in [6, 6.07) is 45.8. The molecule has 0 saturated carbocycles. The number of hydrogen-bond acceptors (Lipinski definition) is 4. The first-order chi connectivity index (χ1) is 20.7. The second-order valence-electron chi connectivity index (χ2n) is 10.2. The van der Waals surface area contributed by atoms with E-state index in [1.807, 2.05) is 54.6 Å². The lowest BCUT2D eigenvalue weighted by atomic mass is 9.95. The average Bonchev–Trinajstić information content (AvgIpc) is 3.45. The Kier molecular flexibility index (Phi) is 6.03. The smallest absolute Gasteiger partial charge is 0.165 e. The quantitative estimate of drug-likeness (QED) is 0.209. The van der Waals surface area contributed by atoms with Crippen LogP contribution in [0, 0.1) is 0 Å². The molecule has 0 fully saturated rings. The zero-order valence-electron chi connectivity index (χ0n) is 22.3. The van der Waals surface area contributed by atoms with Crippen molar-refractivity contribution in [3.05, 3.63) is 138 Å². The van der Waals surface area contributed by atoms with Crippen LogP contribution in [-0.4, -0.2) is 15.0 Å². The van der Waals surface area contributed by atoms with Gasteiger partial charge in [-0.15, -0.1) is 11.3 Å². The molecule has 0 amide bonds. The van der Waals surface area contributed by atoms with Gasteiger partial charge in [0.2, 0.25) is 0 Å². The topological polar surface area (TPSA) is 38.7 Å². The Hall–Kier alpha value is -4.90. The third-order valence-corrected chi connectivity index (χ3v) is 9.01. The van der Waals surface area contributed by atoms with Crippen LogP contribution in [0.2, 0.25) is 5.02 Å². The van der Waals surface area contributed by atoms with Crippen LogP contribution < -0.4 is 0 Å². The van der Waals surface area contributed by atoms with Crippen LogP contribution in [-0.2, 0) is 0 Å². The van der Waals surface area contributed by atoms with Gasteiger partial charge in [0.15, 0.2) is 17.5 Å². The number of fused-ring (bicyclic) bond motifs is 5. The minimum Gasteiger partial charge on any atom is -0.208 e. The number of rotatable bonds is 4. The van der Waals surface area contributed by atoms with Crippen LogP contribution in [0.15, 0.2) is 133 Å². The summed E-state index contributed by atoms with van der Waals surface area (Å²) in [5.41, 5.74) is 5.15. The minimum atomic E-state index is 0.591. The van der Waals surface area contributed by atoms with Crippen LogP contribution in [0.4, 0.5) is 0 Å². The monoisotopic (exact) mass is 575 g/mol. The number of halogens is 1. The maximum absolute atomic E-state index is 6.39. The first-order valence-electron chi connectivity index (χ1n) is 13.7. The van der Waals surface area contributed by atoms with Gasteiger partial charge in [0.1, 0.15) is 0 Å². The molecule has 6 aromatic carbocycles. The van der Waals surface area contributed by atoms with Gasteiger partial charge in [-0.3, -0.25) is 0 Å². The summed E-state index contributed by atoms with van der Waals surface area (Å²) in [5, 5.41) is 5.60. The molecule has 0 aliphatic rings. The molecule has 5 heteroatoms. The highest BCUT2D eigenvalue weighted by molar-refractivity contribution is 7.26. The van der Waals surface area contributed by atoms with E-state index < -0.39 is 0 Å². The van der Waals surface area contributed by atoms with Crippen molar-refractivity contribution in [1.82, 2.24) is 15.0 Å². The molecule has 0 atom stereocenters. The fourth-order valence-electron chi connectivity index (χ4n) is 5.65. The molecular weight excluding hydrogens is 554 g/mol. The van der Waals surface area contributed by atoms with Crippen LogP contribution in [0.3, 0.4) is 0 Å². The fourth-order valence-corrected chi connectivity index (χ4v) is 7.09. The van der Waals surface area contributed by atoms with Gasteiger partial charge in [0, 0.05) is 41.9 Å². The Labute approximate surface area is 251 Å². The molecule has 0 aliphatic heterocycles. The molecule has 198 valence electrons. The second-order valence-corrected chi connectivity index (χ2v) is 11.7. The predicted octanol–water partition coefficient (Wildman–Crippen LogP) is 10.7. The molecule has 0 aliphatic carbocycles. The fraction of sp³-hybridized carbons (Fsp3) is 0. The zero-order chi connectivity index (χ0) is 28.0. The maximum atomic E-state index is 6.39. The van der Waals surface area contributed by atoms with E-state index in [0.717, 1.165) is 21.4 Å². The first kappa shape index (κ1) is 24.9. The van der Waals surface area contributed by atoms with E-state index in [-0.39, 0.29) is 0 Å². The van der Waals surface area contributed by atoms with Gasteiger partial charge in [-0.05, 0) is 46.2 Å². The van der Waals surface area contributed by atoms with Gasteiger partial charge in [-0.2, -0.15) is 0 Å². The number of aromatic nitrogens is 3. The lowest BCUT2D eigenvalue weighted by Crippen LogP contribution is -2.00. The largest absolute Gasteiger partial charge is 0.208 e. The highest BCUT2D eigenvalue weighted by Crippen LogP contribution is 2.46. The molecule has 42 heavy (non-hydrogen) atoms. The van der Waals surface area contributed by atoms with Crippen molar-refractivity contribution in [1.29, 1.82) is 0 Å². The molecule has 3 nitrogen and oxygen atoms in total. The van der Waals surface area contributed by atoms with E-state index in [9.17, 15) is 0 Å². The van der Waals surface area contributed by atoms with Gasteiger partial charge in [0.05, 0.1) is 0 Å². The summed E-state index contributed by atoms with van der Waals surface area (Å²) in [5.74, 6) is 1.86. The highest BCUT2D eigenvalue weighted by atomic mass is 35.5. The van der Waals surface area contributed by atoms with Gasteiger partial charge < -0.3 is 0 Å². The second kappa shape index (κ2) is 10.2. The van der Waals surface area contributed by atoms with E-state index >= 15 is 0 Å². The summed E-state index contributed by atoms with van der Waals surface area (Å²) in [6.45, 7) is 0. The van der Waals surface area contributed by atoms with Crippen LogP contribution >= 0.6 is 22.9 Å². The third-order valence-electron chi connectivity index (χ3n) is 7.59. The zero-order valence-corrected chi connectivity index (χ0v) is 23.9. The van der Waals surface area contributed by atoms with Gasteiger partial charge >= 0.3 is 0 Å². The summed E-state index contributed by atoms with van der Waals surface area (Å²) < 4.78 is 2.39. The number of hydrogen-bond donors (Lipinski definition) is 0. The van der Waals surface area contributed by atoms with Crippen molar-refractivity contribution >= 4 is 53.9 Å². The van der Waals surface area contributed by atoms with Crippen molar-refractivity contribution in [2.75, 3.05) is 0 Å². The summed E-state index contributed by atoms with van der Waals surface area (Å²) in [4.78, 5) is 15.0. The SMILES string of the molecule is Clc1cccc(-c2nc(-c3ccccc3)nc(-c3ccc(-c4ccccc4)c4c3sc3ccc5ccccc5c34)n2)c1. The van der Waals surface area contributed by atoms with E-state index in [4.69, 9.17) is 26.6 Å². The molecule has 2 aromatic heterocycles. The van der Waals surface area contributed by atoms with Crippen molar-refractivity contribution < 1.29 is 0 Å². The summed E-state index contributed by atoms with van der Waals surface area (Å²) >= 11 is 8.18. The third kappa shape index (κ3) is 4.24. The number of nitrogens with zero attached hydrogens (tertiary/aromatic N) is 3. The van der Waals surface area contributed by atoms with Crippen LogP contribution in [0.5, 0.6) is 0 Å². The van der Waals surface area contributed by atoms with Gasteiger partial charge in [-0.25, -0.2) is 15.0 Å². The van der Waals surface area contributed by atoms with Gasteiger partial charge in [0.25, 0.3) is 0 Å². The van der Waals surface area contributed by atoms with Crippen molar-refractivity contribution in [3.63, 3.8) is 0 Å². The molecule has 0 N–H and O–H groups in total. The molecular formula is C37H22ClN3S. The molecule has 0 spiro atoms. The standard InChI is InChI=1S/C37H22ClN3S/c38-27-16-9-15-26(22-27)36-39-35(25-13-5-2-6-14-25)40-37(41-36)30-20-19-29(23-10-3-1-4-11-23)33-32-28-17-8-7-12-24(28)18-21-31(32)42-34(30)33/h1-22H. The van der Waals surface area contributed by atoms with Gasteiger partial charge in [-0.1, -0.05) is 121 Å². The van der Waals surface area contributed by atoms with Crippen LogP contribution in [0.25, 0.3) is 76.2 Å². The predicted molar refractivity (Wildman–Crippen MR) is 177 cm³/mol. The average molecular weight is 576 g/mol. The first-order valence-corrected chi connectivity index (χ1v) is 14.9. The molecule has 8 aromatic rings. The normalized spacial score (nSPS) is 11.5. The number of benzene rings is 6. The Bertz CT molecular complexity index is 2260. The Morgan fingerprint density at radius 2 is 1.12 bits per heavy atom. The molecule has 0 saturated heterocycles. The lowest BCUT2D eigenvalue weighted by Gasteiger charge is -2.11. The number of thiophene rings is 1. The Morgan fingerprint density at radius 3 is 1.90 bits per heavy atom. The summed E-state index contributed by atoms with van der Waals surface area (Å²) in [6.07, 6.45) is 0. The minimum absolute atomic E-state index is 0.591. The molecule has 0 unspecified atom stereocenters. The molecule has 8 rings (SSSR count). The van der Waals surface area contributed by atoms with Crippen molar-refractivity contribution in [2.24, 2.45) is 0 Å². The molecule has 0 radical (unpaired) electrons. The van der Waals surface area contributed by atoms with E-state index in [1.54, 1.807) is 11.3 Å². The lowest BCUT2D eigenvalue weighted by molar-refractivity contribution is 1.08. The van der Waals surface area contributed by atoms with E-state index in [0.29, 0.717) is 22.5 Å². The summed E-state index contributed by atoms with van der Waals surface area (Å²) in [7, 11) is 0. The maximum Gasteiger partial charge on any atom is 0.165 e. The molecule has 2 heterocycles. The van der Waals surface area contributed by atoms with Crippen molar-refractivity contribution in [3.8, 4) is 45.3 Å². The Balaban J connectivity index is 1.47. The Morgan fingerprint density at radius 1 is 0.476 bits per heavy atom. The van der Waals surface area contributed by atoms with E-state index in [2.05, 4.69) is 78.9 Å².